The Morgan fingerprint density at radius 3 is 2.56 bits per heavy atom. The van der Waals surface area contributed by atoms with Crippen LogP contribution in [0.15, 0.2) is 24.3 Å². The maximum atomic E-state index is 12.4. The molecule has 1 fully saturated rings. The van der Waals surface area contributed by atoms with Crippen molar-refractivity contribution in [1.29, 1.82) is 0 Å². The summed E-state index contributed by atoms with van der Waals surface area (Å²) in [5, 5.41) is 0. The third-order valence-corrected chi connectivity index (χ3v) is 4.94. The third-order valence-electron chi connectivity index (χ3n) is 4.94. The van der Waals surface area contributed by atoms with Crippen LogP contribution >= 0.6 is 0 Å². The van der Waals surface area contributed by atoms with Crippen LogP contribution in [0.1, 0.15) is 20.3 Å². The summed E-state index contributed by atoms with van der Waals surface area (Å²) in [4.78, 5) is 16.6. The molecule has 6 nitrogen and oxygen atoms in total. The molecule has 0 bridgehead atoms. The van der Waals surface area contributed by atoms with E-state index in [4.69, 9.17) is 15.2 Å². The molecule has 25 heavy (non-hydrogen) atoms. The number of carbonyl (C=O) groups is 1. The van der Waals surface area contributed by atoms with Crippen LogP contribution < -0.4 is 15.2 Å². The van der Waals surface area contributed by atoms with Crippen molar-refractivity contribution in [2.24, 2.45) is 11.7 Å². The molecule has 2 N–H and O–H groups in total. The summed E-state index contributed by atoms with van der Waals surface area (Å²) in [6, 6.07) is 7.24. The molecule has 2 rings (SSSR count). The largest absolute Gasteiger partial charge is 0.497 e. The zero-order chi connectivity index (χ0) is 18.2. The van der Waals surface area contributed by atoms with E-state index in [0.717, 1.165) is 50.6 Å². The number of hydrogen-bond acceptors (Lipinski definition) is 5. The van der Waals surface area contributed by atoms with Crippen molar-refractivity contribution < 1.29 is 14.3 Å². The van der Waals surface area contributed by atoms with Gasteiger partial charge in [-0.25, -0.2) is 0 Å². The first-order valence-corrected chi connectivity index (χ1v) is 9.08. The van der Waals surface area contributed by atoms with Crippen molar-refractivity contribution in [1.82, 2.24) is 9.80 Å². The van der Waals surface area contributed by atoms with Crippen LogP contribution in [0.2, 0.25) is 0 Å². The van der Waals surface area contributed by atoms with Gasteiger partial charge >= 0.3 is 0 Å². The zero-order valence-electron chi connectivity index (χ0n) is 15.6. The molecule has 0 aliphatic carbocycles. The molecule has 140 valence electrons. The molecule has 0 spiro atoms. The summed E-state index contributed by atoms with van der Waals surface area (Å²) in [7, 11) is 1.65. The Bertz CT molecular complexity index is 544. The molecule has 1 amide bonds. The highest BCUT2D eigenvalue weighted by Crippen LogP contribution is 2.18. The molecule has 1 heterocycles. The number of benzene rings is 1. The van der Waals surface area contributed by atoms with Crippen LogP contribution in [-0.2, 0) is 4.79 Å². The van der Waals surface area contributed by atoms with Crippen molar-refractivity contribution in [2.75, 3.05) is 46.4 Å². The highest BCUT2D eigenvalue weighted by molar-refractivity contribution is 5.82. The van der Waals surface area contributed by atoms with E-state index in [-0.39, 0.29) is 17.9 Å². The maximum absolute atomic E-state index is 12.4. The number of methoxy groups -OCH3 is 1. The summed E-state index contributed by atoms with van der Waals surface area (Å²) >= 11 is 0. The van der Waals surface area contributed by atoms with Gasteiger partial charge in [-0.1, -0.05) is 26.3 Å². The fourth-order valence-electron chi connectivity index (χ4n) is 2.88. The minimum Gasteiger partial charge on any atom is -0.497 e. The lowest BCUT2D eigenvalue weighted by Crippen LogP contribution is -2.54. The Labute approximate surface area is 150 Å². The number of nitrogens with zero attached hydrogens (tertiary/aromatic N) is 2. The van der Waals surface area contributed by atoms with Crippen LogP contribution in [0.4, 0.5) is 0 Å². The first-order valence-electron chi connectivity index (χ1n) is 9.08. The lowest BCUT2D eigenvalue weighted by atomic mass is 9.98. The summed E-state index contributed by atoms with van der Waals surface area (Å²) < 4.78 is 11.0. The molecule has 2 unspecified atom stereocenters. The predicted octanol–water partition coefficient (Wildman–Crippen LogP) is 1.59. The van der Waals surface area contributed by atoms with E-state index >= 15 is 0 Å². The third kappa shape index (κ3) is 5.61. The molecule has 1 saturated heterocycles. The van der Waals surface area contributed by atoms with Gasteiger partial charge in [-0.2, -0.15) is 0 Å². The predicted molar refractivity (Wildman–Crippen MR) is 98.9 cm³/mol. The summed E-state index contributed by atoms with van der Waals surface area (Å²) in [6.07, 6.45) is 0.925. The average molecular weight is 349 g/mol. The molecule has 1 aliphatic rings. The Morgan fingerprint density at radius 1 is 1.24 bits per heavy atom. The number of nitrogens with two attached hydrogens (primary N) is 1. The lowest BCUT2D eigenvalue weighted by Gasteiger charge is -2.36. The SMILES string of the molecule is CCC(C)C(N)C(=O)N1CCN(CCOc2cccc(OC)c2)CC1. The Hall–Kier alpha value is -1.79. The number of ether oxygens (including phenoxy) is 2. The number of rotatable bonds is 8. The van der Waals surface area contributed by atoms with Gasteiger partial charge in [-0.3, -0.25) is 9.69 Å². The van der Waals surface area contributed by atoms with Crippen LogP contribution in [0.5, 0.6) is 11.5 Å². The van der Waals surface area contributed by atoms with E-state index in [1.54, 1.807) is 7.11 Å². The van der Waals surface area contributed by atoms with E-state index in [1.807, 2.05) is 36.1 Å². The normalized spacial score (nSPS) is 17.8. The molecule has 1 aromatic carbocycles. The Balaban J connectivity index is 1.70. The van der Waals surface area contributed by atoms with Gasteiger partial charge in [0.1, 0.15) is 18.1 Å². The molecule has 2 atom stereocenters. The molecule has 0 aromatic heterocycles. The minimum absolute atomic E-state index is 0.0848. The van der Waals surface area contributed by atoms with E-state index in [2.05, 4.69) is 11.8 Å². The zero-order valence-corrected chi connectivity index (χ0v) is 15.6. The highest BCUT2D eigenvalue weighted by Gasteiger charge is 2.27. The van der Waals surface area contributed by atoms with Gasteiger partial charge in [0.2, 0.25) is 5.91 Å². The van der Waals surface area contributed by atoms with E-state index in [0.29, 0.717) is 6.61 Å². The van der Waals surface area contributed by atoms with Crippen LogP contribution in [0.3, 0.4) is 0 Å². The first-order chi connectivity index (χ1) is 12.0. The van der Waals surface area contributed by atoms with Crippen molar-refractivity contribution in [3.8, 4) is 11.5 Å². The molecule has 1 aliphatic heterocycles. The second-order valence-corrected chi connectivity index (χ2v) is 6.61. The minimum atomic E-state index is -0.382. The topological polar surface area (TPSA) is 68.0 Å². The highest BCUT2D eigenvalue weighted by atomic mass is 16.5. The molecule has 0 saturated carbocycles. The number of amides is 1. The standard InChI is InChI=1S/C19H31N3O3/c1-4-15(2)18(20)19(23)22-10-8-21(9-11-22)12-13-25-17-7-5-6-16(14-17)24-3/h5-7,14-15,18H,4,8-13,20H2,1-3H3. The second-order valence-electron chi connectivity index (χ2n) is 6.61. The van der Waals surface area contributed by atoms with Gasteiger partial charge < -0.3 is 20.1 Å². The van der Waals surface area contributed by atoms with E-state index < -0.39 is 0 Å². The second kappa shape index (κ2) is 9.63. The summed E-state index contributed by atoms with van der Waals surface area (Å²) in [6.45, 7) is 8.77. The molecule has 1 aromatic rings. The Morgan fingerprint density at radius 2 is 1.92 bits per heavy atom. The van der Waals surface area contributed by atoms with Crippen molar-refractivity contribution in [3.05, 3.63) is 24.3 Å². The van der Waals surface area contributed by atoms with Gasteiger partial charge in [0.05, 0.1) is 13.2 Å². The van der Waals surface area contributed by atoms with Crippen LogP contribution in [0, 0.1) is 5.92 Å². The summed E-state index contributed by atoms with van der Waals surface area (Å²) in [5.74, 6) is 1.92. The molecular formula is C19H31N3O3. The fourth-order valence-corrected chi connectivity index (χ4v) is 2.88. The van der Waals surface area contributed by atoms with Crippen molar-refractivity contribution in [3.63, 3.8) is 0 Å². The quantitative estimate of drug-likeness (QED) is 0.772. The van der Waals surface area contributed by atoms with Gasteiger partial charge in [-0.05, 0) is 18.1 Å². The molecular weight excluding hydrogens is 318 g/mol. The Kier molecular flexibility index (Phi) is 7.52. The number of carbonyl (C=O) groups excluding carboxylic acids is 1. The van der Waals surface area contributed by atoms with Crippen molar-refractivity contribution >= 4 is 5.91 Å². The first kappa shape index (κ1) is 19.5. The number of hydrogen-bond donors (Lipinski definition) is 1. The van der Waals surface area contributed by atoms with Gasteiger partial charge in [0, 0.05) is 38.8 Å². The van der Waals surface area contributed by atoms with Gasteiger partial charge in [-0.15, -0.1) is 0 Å². The van der Waals surface area contributed by atoms with E-state index in [1.165, 1.54) is 0 Å². The smallest absolute Gasteiger partial charge is 0.239 e. The molecule has 6 heteroatoms. The average Bonchev–Trinajstić information content (AvgIpc) is 2.67. The maximum Gasteiger partial charge on any atom is 0.239 e. The number of piperazine rings is 1. The van der Waals surface area contributed by atoms with E-state index in [9.17, 15) is 4.79 Å². The van der Waals surface area contributed by atoms with Crippen LogP contribution in [0.25, 0.3) is 0 Å². The summed E-state index contributed by atoms with van der Waals surface area (Å²) in [5.41, 5.74) is 6.07. The van der Waals surface area contributed by atoms with Gasteiger partial charge in [0.15, 0.2) is 0 Å². The lowest BCUT2D eigenvalue weighted by molar-refractivity contribution is -0.135. The van der Waals surface area contributed by atoms with Crippen LogP contribution in [-0.4, -0.2) is 68.2 Å². The van der Waals surface area contributed by atoms with Gasteiger partial charge in [0.25, 0.3) is 0 Å². The monoisotopic (exact) mass is 349 g/mol. The van der Waals surface area contributed by atoms with Crippen molar-refractivity contribution in [2.45, 2.75) is 26.3 Å². The molecule has 0 radical (unpaired) electrons. The fraction of sp³-hybridized carbons (Fsp3) is 0.632.